The molecule has 6 nitrogen and oxygen atoms in total. The molecule has 0 saturated carbocycles. The maximum absolute atomic E-state index is 13.2. The van der Waals surface area contributed by atoms with Gasteiger partial charge in [-0.3, -0.25) is 14.4 Å². The minimum absolute atomic E-state index is 0.0939. The van der Waals surface area contributed by atoms with Gasteiger partial charge in [0.15, 0.2) is 0 Å². The summed E-state index contributed by atoms with van der Waals surface area (Å²) in [5.74, 6) is -0.919. The van der Waals surface area contributed by atoms with Crippen LogP contribution in [0.3, 0.4) is 0 Å². The summed E-state index contributed by atoms with van der Waals surface area (Å²) in [5, 5.41) is 8.22. The highest BCUT2D eigenvalue weighted by Crippen LogP contribution is 2.26. The first-order chi connectivity index (χ1) is 19.3. The van der Waals surface area contributed by atoms with E-state index in [-0.39, 0.29) is 22.8 Å². The molecule has 3 N–H and O–H groups in total. The van der Waals surface area contributed by atoms with Crippen LogP contribution in [0.25, 0.3) is 6.08 Å². The number of halogens is 1. The van der Waals surface area contributed by atoms with Gasteiger partial charge in [0, 0.05) is 25.4 Å². The summed E-state index contributed by atoms with van der Waals surface area (Å²) < 4.78 is 1.10. The summed E-state index contributed by atoms with van der Waals surface area (Å²) >= 11 is 3.64. The number of hydrogen-bond acceptors (Lipinski definition) is 4. The summed E-state index contributed by atoms with van der Waals surface area (Å²) in [6.07, 6.45) is 1.65. The summed E-state index contributed by atoms with van der Waals surface area (Å²) in [4.78, 5) is 39.6. The molecule has 1 unspecified atom stereocenters. The summed E-state index contributed by atoms with van der Waals surface area (Å²) in [7, 11) is 0. The van der Waals surface area contributed by atoms with Crippen LogP contribution in [-0.2, 0) is 9.59 Å². The lowest BCUT2D eigenvalue weighted by molar-refractivity contribution is -0.115. The van der Waals surface area contributed by atoms with Gasteiger partial charge >= 0.3 is 0 Å². The highest BCUT2D eigenvalue weighted by Gasteiger charge is 2.17. The Morgan fingerprint density at radius 3 is 2.02 bits per heavy atom. The second-order valence-electron chi connectivity index (χ2n) is 9.02. The number of amides is 3. The standard InChI is InChI=1S/C32H28IN3O3S/c1-21-8-10-23(11-9-21)20-29(36-31(38)24-6-4-3-5-7-24)32(39)35-27-16-18-28(19-17-27)40-22(2)30(37)34-26-14-12-25(33)13-15-26/h3-20,22H,1-2H3,(H,34,37)(H,35,39)(H,36,38)/b29-20-. The predicted molar refractivity (Wildman–Crippen MR) is 171 cm³/mol. The number of aryl methyl sites for hydroxylation is 1. The molecule has 4 aromatic carbocycles. The van der Waals surface area contributed by atoms with Crippen LogP contribution >= 0.6 is 34.4 Å². The van der Waals surface area contributed by atoms with Gasteiger partial charge in [0.25, 0.3) is 11.8 Å². The van der Waals surface area contributed by atoms with E-state index in [0.29, 0.717) is 11.3 Å². The number of carbonyl (C=O) groups is 3. The molecule has 4 rings (SSSR count). The third kappa shape index (κ3) is 8.56. The normalized spacial score (nSPS) is 11.8. The number of hydrogen-bond donors (Lipinski definition) is 3. The van der Waals surface area contributed by atoms with Crippen LogP contribution in [0.4, 0.5) is 11.4 Å². The van der Waals surface area contributed by atoms with E-state index in [4.69, 9.17) is 0 Å². The van der Waals surface area contributed by atoms with Gasteiger partial charge in [-0.15, -0.1) is 11.8 Å². The maximum atomic E-state index is 13.2. The Kier molecular flexibility index (Phi) is 10.2. The first-order valence-electron chi connectivity index (χ1n) is 12.6. The molecular weight excluding hydrogens is 633 g/mol. The highest BCUT2D eigenvalue weighted by atomic mass is 127. The van der Waals surface area contributed by atoms with Gasteiger partial charge in [0.05, 0.1) is 5.25 Å². The van der Waals surface area contributed by atoms with Crippen molar-refractivity contribution in [3.05, 3.63) is 129 Å². The second kappa shape index (κ2) is 14.0. The molecule has 0 heterocycles. The molecule has 8 heteroatoms. The molecule has 0 aromatic heterocycles. The van der Waals surface area contributed by atoms with E-state index in [1.54, 1.807) is 42.5 Å². The molecule has 0 aliphatic rings. The lowest BCUT2D eigenvalue weighted by Gasteiger charge is -2.14. The van der Waals surface area contributed by atoms with E-state index in [9.17, 15) is 14.4 Å². The number of carbonyl (C=O) groups excluding carboxylic acids is 3. The molecule has 40 heavy (non-hydrogen) atoms. The van der Waals surface area contributed by atoms with Crippen molar-refractivity contribution in [2.75, 3.05) is 10.6 Å². The zero-order valence-corrected chi connectivity index (χ0v) is 25.0. The van der Waals surface area contributed by atoms with Crippen LogP contribution in [-0.4, -0.2) is 23.0 Å². The summed E-state index contributed by atoms with van der Waals surface area (Å²) in [6.45, 7) is 3.83. The van der Waals surface area contributed by atoms with E-state index in [1.165, 1.54) is 11.8 Å². The van der Waals surface area contributed by atoms with E-state index < -0.39 is 5.91 Å². The van der Waals surface area contributed by atoms with Crippen LogP contribution in [0.2, 0.25) is 0 Å². The van der Waals surface area contributed by atoms with Crippen molar-refractivity contribution in [1.29, 1.82) is 0 Å². The largest absolute Gasteiger partial charge is 0.325 e. The Morgan fingerprint density at radius 1 is 0.775 bits per heavy atom. The molecule has 0 aliphatic carbocycles. The molecule has 0 saturated heterocycles. The van der Waals surface area contributed by atoms with Gasteiger partial charge in [-0.25, -0.2) is 0 Å². The van der Waals surface area contributed by atoms with E-state index in [2.05, 4.69) is 38.5 Å². The lowest BCUT2D eigenvalue weighted by Crippen LogP contribution is -2.30. The Hall–Kier alpha value is -3.89. The third-order valence-corrected chi connectivity index (χ3v) is 7.65. The average Bonchev–Trinajstić information content (AvgIpc) is 2.96. The van der Waals surface area contributed by atoms with Crippen molar-refractivity contribution in [3.63, 3.8) is 0 Å². The number of anilines is 2. The Labute approximate surface area is 251 Å². The van der Waals surface area contributed by atoms with Crippen LogP contribution in [0.1, 0.15) is 28.4 Å². The minimum atomic E-state index is -0.449. The van der Waals surface area contributed by atoms with Gasteiger partial charge in [-0.1, -0.05) is 48.0 Å². The van der Waals surface area contributed by atoms with Crippen LogP contribution < -0.4 is 16.0 Å². The summed E-state index contributed by atoms with van der Waals surface area (Å²) in [5.41, 5.74) is 3.77. The SMILES string of the molecule is Cc1ccc(/C=C(\NC(=O)c2ccccc2)C(=O)Nc2ccc(SC(C)C(=O)Nc3ccc(I)cc3)cc2)cc1. The monoisotopic (exact) mass is 661 g/mol. The Bertz CT molecular complexity index is 1500. The fraction of sp³-hybridized carbons (Fsp3) is 0.0938. The second-order valence-corrected chi connectivity index (χ2v) is 11.7. The first-order valence-corrected chi connectivity index (χ1v) is 14.5. The van der Waals surface area contributed by atoms with Crippen LogP contribution in [0, 0.1) is 10.5 Å². The van der Waals surface area contributed by atoms with Crippen molar-refractivity contribution in [2.45, 2.75) is 24.0 Å². The topological polar surface area (TPSA) is 87.3 Å². The van der Waals surface area contributed by atoms with Gasteiger partial charge in [-0.2, -0.15) is 0 Å². The smallest absolute Gasteiger partial charge is 0.272 e. The van der Waals surface area contributed by atoms with E-state index in [0.717, 1.165) is 25.3 Å². The van der Waals surface area contributed by atoms with Gasteiger partial charge in [0.2, 0.25) is 5.91 Å². The fourth-order valence-electron chi connectivity index (χ4n) is 3.62. The average molecular weight is 662 g/mol. The van der Waals surface area contributed by atoms with Gasteiger partial charge < -0.3 is 16.0 Å². The number of thioether (sulfide) groups is 1. The van der Waals surface area contributed by atoms with Crippen molar-refractivity contribution in [2.24, 2.45) is 0 Å². The van der Waals surface area contributed by atoms with Crippen molar-refractivity contribution in [3.8, 4) is 0 Å². The molecule has 202 valence electrons. The van der Waals surface area contributed by atoms with Crippen molar-refractivity contribution in [1.82, 2.24) is 5.32 Å². The van der Waals surface area contributed by atoms with Crippen molar-refractivity contribution >= 4 is 69.5 Å². The molecule has 0 bridgehead atoms. The van der Waals surface area contributed by atoms with E-state index >= 15 is 0 Å². The van der Waals surface area contributed by atoms with E-state index in [1.807, 2.05) is 80.6 Å². The number of rotatable bonds is 9. The molecule has 0 spiro atoms. The Morgan fingerprint density at radius 2 is 1.38 bits per heavy atom. The lowest BCUT2D eigenvalue weighted by atomic mass is 10.1. The maximum Gasteiger partial charge on any atom is 0.272 e. The zero-order chi connectivity index (χ0) is 28.5. The number of benzene rings is 4. The highest BCUT2D eigenvalue weighted by molar-refractivity contribution is 14.1. The Balaban J connectivity index is 1.42. The van der Waals surface area contributed by atoms with Gasteiger partial charge in [-0.05, 0) is 109 Å². The van der Waals surface area contributed by atoms with Crippen LogP contribution in [0.15, 0.2) is 114 Å². The van der Waals surface area contributed by atoms with Crippen LogP contribution in [0.5, 0.6) is 0 Å². The molecule has 1 atom stereocenters. The van der Waals surface area contributed by atoms with Crippen molar-refractivity contribution < 1.29 is 14.4 Å². The minimum Gasteiger partial charge on any atom is -0.325 e. The molecule has 3 amide bonds. The quantitative estimate of drug-likeness (QED) is 0.101. The zero-order valence-electron chi connectivity index (χ0n) is 22.0. The van der Waals surface area contributed by atoms with Gasteiger partial charge in [0.1, 0.15) is 5.70 Å². The molecular formula is C32H28IN3O3S. The number of nitrogens with one attached hydrogen (secondary N) is 3. The molecule has 0 radical (unpaired) electrons. The fourth-order valence-corrected chi connectivity index (χ4v) is 4.85. The first kappa shape index (κ1) is 29.1. The predicted octanol–water partition coefficient (Wildman–Crippen LogP) is 7.13. The molecule has 0 aliphatic heterocycles. The third-order valence-electron chi connectivity index (χ3n) is 5.82. The summed E-state index contributed by atoms with van der Waals surface area (Å²) in [6, 6.07) is 31.3. The molecule has 4 aromatic rings. The molecule has 0 fully saturated rings.